The molecule has 0 spiro atoms. The van der Waals surface area contributed by atoms with E-state index in [1.54, 1.807) is 6.07 Å². The lowest BCUT2D eigenvalue weighted by Crippen LogP contribution is -2.16. The van der Waals surface area contributed by atoms with Crippen LogP contribution in [0.15, 0.2) is 34.8 Å². The Morgan fingerprint density at radius 2 is 1.95 bits per heavy atom. The Labute approximate surface area is 124 Å². The van der Waals surface area contributed by atoms with Crippen LogP contribution in [0.2, 0.25) is 0 Å². The van der Waals surface area contributed by atoms with Gasteiger partial charge in [-0.25, -0.2) is 9.97 Å². The fraction of sp³-hybridized carbons (Fsp3) is 0.214. The number of nitrogens with one attached hydrogen (secondary N) is 1. The molecule has 3 rings (SSSR count). The van der Waals surface area contributed by atoms with E-state index >= 15 is 0 Å². The van der Waals surface area contributed by atoms with Crippen molar-refractivity contribution in [2.45, 2.75) is 18.9 Å². The summed E-state index contributed by atoms with van der Waals surface area (Å²) in [6.07, 6.45) is 2.22. The van der Waals surface area contributed by atoms with Crippen LogP contribution in [0.3, 0.4) is 0 Å². The molecule has 1 fully saturated rings. The van der Waals surface area contributed by atoms with E-state index in [9.17, 15) is 4.79 Å². The molecule has 1 heterocycles. The molecule has 0 atom stereocenters. The molecule has 3 N–H and O–H groups in total. The smallest absolute Gasteiger partial charge is 0.267 e. The molecule has 2 aromatic rings. The van der Waals surface area contributed by atoms with Crippen LogP contribution in [0.1, 0.15) is 23.3 Å². The molecule has 1 amide bonds. The van der Waals surface area contributed by atoms with Gasteiger partial charge in [0.2, 0.25) is 5.95 Å². The standard InChI is InChI=1S/C14H13BrN4O/c15-9-3-1-8(2-4-9)11-7-12(13(16)20)19-14(18-11)17-10-5-6-10/h1-4,7,10H,5-6H2,(H2,16,20)(H,17,18,19). The average Bonchev–Trinajstić information content (AvgIpc) is 3.23. The van der Waals surface area contributed by atoms with E-state index in [2.05, 4.69) is 31.2 Å². The maximum Gasteiger partial charge on any atom is 0.267 e. The molecule has 1 aliphatic carbocycles. The number of hydrogen-bond acceptors (Lipinski definition) is 4. The maximum absolute atomic E-state index is 11.4. The van der Waals surface area contributed by atoms with Crippen LogP contribution in [-0.4, -0.2) is 21.9 Å². The number of amides is 1. The van der Waals surface area contributed by atoms with Crippen LogP contribution < -0.4 is 11.1 Å². The number of benzene rings is 1. The summed E-state index contributed by atoms with van der Waals surface area (Å²) in [6.45, 7) is 0. The topological polar surface area (TPSA) is 80.9 Å². The van der Waals surface area contributed by atoms with Gasteiger partial charge in [-0.2, -0.15) is 0 Å². The first kappa shape index (κ1) is 13.1. The van der Waals surface area contributed by atoms with Crippen LogP contribution in [0.4, 0.5) is 5.95 Å². The fourth-order valence-electron chi connectivity index (χ4n) is 1.82. The van der Waals surface area contributed by atoms with Crippen LogP contribution >= 0.6 is 15.9 Å². The zero-order valence-electron chi connectivity index (χ0n) is 10.6. The van der Waals surface area contributed by atoms with Crippen molar-refractivity contribution in [2.24, 2.45) is 5.73 Å². The summed E-state index contributed by atoms with van der Waals surface area (Å²) in [5.41, 5.74) is 7.16. The number of primary amides is 1. The lowest BCUT2D eigenvalue weighted by Gasteiger charge is -2.08. The number of aromatic nitrogens is 2. The second-order valence-electron chi connectivity index (χ2n) is 4.75. The van der Waals surface area contributed by atoms with Gasteiger partial charge in [-0.15, -0.1) is 0 Å². The minimum absolute atomic E-state index is 0.223. The van der Waals surface area contributed by atoms with Gasteiger partial charge in [-0.1, -0.05) is 28.1 Å². The summed E-state index contributed by atoms with van der Waals surface area (Å²) in [7, 11) is 0. The summed E-state index contributed by atoms with van der Waals surface area (Å²) in [5, 5.41) is 3.19. The fourth-order valence-corrected chi connectivity index (χ4v) is 2.08. The second kappa shape index (κ2) is 5.20. The summed E-state index contributed by atoms with van der Waals surface area (Å²) in [4.78, 5) is 20.0. The molecule has 0 saturated heterocycles. The molecule has 0 aliphatic heterocycles. The van der Waals surface area contributed by atoms with Gasteiger partial charge in [-0.05, 0) is 31.0 Å². The Hall–Kier alpha value is -1.95. The van der Waals surface area contributed by atoms with Gasteiger partial charge in [0.25, 0.3) is 5.91 Å². The summed E-state index contributed by atoms with van der Waals surface area (Å²) in [5.74, 6) is -0.0914. The van der Waals surface area contributed by atoms with Gasteiger partial charge in [0.15, 0.2) is 0 Å². The molecule has 1 aromatic heterocycles. The first-order valence-electron chi connectivity index (χ1n) is 6.33. The van der Waals surface area contributed by atoms with Gasteiger partial charge in [0.1, 0.15) is 5.69 Å². The zero-order chi connectivity index (χ0) is 14.1. The van der Waals surface area contributed by atoms with Crippen molar-refractivity contribution >= 4 is 27.8 Å². The highest BCUT2D eigenvalue weighted by Gasteiger charge is 2.22. The highest BCUT2D eigenvalue weighted by molar-refractivity contribution is 9.10. The van der Waals surface area contributed by atoms with Crippen LogP contribution in [0.25, 0.3) is 11.3 Å². The zero-order valence-corrected chi connectivity index (χ0v) is 12.2. The molecule has 0 radical (unpaired) electrons. The summed E-state index contributed by atoms with van der Waals surface area (Å²) < 4.78 is 0.988. The van der Waals surface area contributed by atoms with Gasteiger partial charge in [0, 0.05) is 16.1 Å². The van der Waals surface area contributed by atoms with Crippen LogP contribution in [0, 0.1) is 0 Å². The van der Waals surface area contributed by atoms with Gasteiger partial charge in [0.05, 0.1) is 5.69 Å². The van der Waals surface area contributed by atoms with Crippen molar-refractivity contribution in [2.75, 3.05) is 5.32 Å². The molecule has 6 heteroatoms. The first-order valence-corrected chi connectivity index (χ1v) is 7.12. The highest BCUT2D eigenvalue weighted by Crippen LogP contribution is 2.25. The lowest BCUT2D eigenvalue weighted by atomic mass is 10.1. The molecule has 1 saturated carbocycles. The summed E-state index contributed by atoms with van der Waals surface area (Å²) >= 11 is 3.39. The Bertz CT molecular complexity index is 653. The van der Waals surface area contributed by atoms with Crippen molar-refractivity contribution < 1.29 is 4.79 Å². The molecule has 102 valence electrons. The van der Waals surface area contributed by atoms with Crippen LogP contribution in [-0.2, 0) is 0 Å². The van der Waals surface area contributed by atoms with Crippen molar-refractivity contribution in [1.82, 2.24) is 9.97 Å². The molecule has 0 unspecified atom stereocenters. The Morgan fingerprint density at radius 1 is 1.25 bits per heavy atom. The summed E-state index contributed by atoms with van der Waals surface area (Å²) in [6, 6.07) is 9.74. The molecule has 0 bridgehead atoms. The lowest BCUT2D eigenvalue weighted by molar-refractivity contribution is 0.0995. The molecule has 1 aliphatic rings. The van der Waals surface area contributed by atoms with Crippen molar-refractivity contribution in [3.63, 3.8) is 0 Å². The quantitative estimate of drug-likeness (QED) is 0.901. The van der Waals surface area contributed by atoms with Gasteiger partial charge < -0.3 is 11.1 Å². The largest absolute Gasteiger partial charge is 0.364 e. The van der Waals surface area contributed by atoms with Crippen LogP contribution in [0.5, 0.6) is 0 Å². The Morgan fingerprint density at radius 3 is 2.55 bits per heavy atom. The van der Waals surface area contributed by atoms with E-state index in [4.69, 9.17) is 5.73 Å². The van der Waals surface area contributed by atoms with E-state index in [0.717, 1.165) is 22.9 Å². The second-order valence-corrected chi connectivity index (χ2v) is 5.67. The van der Waals surface area contributed by atoms with E-state index in [0.29, 0.717) is 17.7 Å². The minimum atomic E-state index is -0.551. The predicted octanol–water partition coefficient (Wildman–Crippen LogP) is 2.58. The number of carbonyl (C=O) groups is 1. The third-order valence-corrected chi connectivity index (χ3v) is 3.56. The maximum atomic E-state index is 11.4. The number of nitrogens with zero attached hydrogens (tertiary/aromatic N) is 2. The van der Waals surface area contributed by atoms with Crippen molar-refractivity contribution in [3.8, 4) is 11.3 Å². The third-order valence-electron chi connectivity index (χ3n) is 3.03. The monoisotopic (exact) mass is 332 g/mol. The average molecular weight is 333 g/mol. The Kier molecular flexibility index (Phi) is 3.40. The van der Waals surface area contributed by atoms with Gasteiger partial charge in [-0.3, -0.25) is 4.79 Å². The minimum Gasteiger partial charge on any atom is -0.364 e. The molecular weight excluding hydrogens is 320 g/mol. The number of anilines is 1. The number of nitrogens with two attached hydrogens (primary N) is 1. The van der Waals surface area contributed by atoms with E-state index in [-0.39, 0.29) is 5.69 Å². The third kappa shape index (κ3) is 2.96. The number of carbonyl (C=O) groups excluding carboxylic acids is 1. The SMILES string of the molecule is NC(=O)c1cc(-c2ccc(Br)cc2)nc(NC2CC2)n1. The molecule has 1 aromatic carbocycles. The van der Waals surface area contributed by atoms with Gasteiger partial charge >= 0.3 is 0 Å². The van der Waals surface area contributed by atoms with Crippen molar-refractivity contribution in [3.05, 3.63) is 40.5 Å². The molecule has 5 nitrogen and oxygen atoms in total. The number of halogens is 1. The van der Waals surface area contributed by atoms with E-state index < -0.39 is 5.91 Å². The predicted molar refractivity (Wildman–Crippen MR) is 80.3 cm³/mol. The Balaban J connectivity index is 2.01. The normalized spacial score (nSPS) is 14.1. The first-order chi connectivity index (χ1) is 9.61. The number of rotatable bonds is 4. The van der Waals surface area contributed by atoms with Crippen molar-refractivity contribution in [1.29, 1.82) is 0 Å². The highest BCUT2D eigenvalue weighted by atomic mass is 79.9. The molecular formula is C14H13BrN4O. The number of hydrogen-bond donors (Lipinski definition) is 2. The van der Waals surface area contributed by atoms with E-state index in [1.165, 1.54) is 0 Å². The molecule has 20 heavy (non-hydrogen) atoms. The van der Waals surface area contributed by atoms with E-state index in [1.807, 2.05) is 24.3 Å².